The van der Waals surface area contributed by atoms with Crippen molar-refractivity contribution in [3.63, 3.8) is 0 Å². The Kier molecular flexibility index (Phi) is 4.08. The van der Waals surface area contributed by atoms with Crippen molar-refractivity contribution < 1.29 is 14.3 Å². The summed E-state index contributed by atoms with van der Waals surface area (Å²) in [5.41, 5.74) is 2.07. The summed E-state index contributed by atoms with van der Waals surface area (Å²) in [4.78, 5) is 22.5. The van der Waals surface area contributed by atoms with Crippen LogP contribution in [0.3, 0.4) is 0 Å². The zero-order chi connectivity index (χ0) is 16.5. The third-order valence-corrected chi connectivity index (χ3v) is 4.61. The van der Waals surface area contributed by atoms with Gasteiger partial charge in [-0.3, -0.25) is 4.79 Å². The fourth-order valence-electron chi connectivity index (χ4n) is 2.97. The molecule has 4 rings (SSSR count). The predicted molar refractivity (Wildman–Crippen MR) is 88.5 cm³/mol. The van der Waals surface area contributed by atoms with E-state index in [1.807, 2.05) is 6.07 Å². The van der Waals surface area contributed by atoms with Gasteiger partial charge in [0.1, 0.15) is 11.3 Å². The molecular weight excluding hydrogens is 330 g/mol. The van der Waals surface area contributed by atoms with Crippen molar-refractivity contribution in [2.24, 2.45) is 0 Å². The van der Waals surface area contributed by atoms with Crippen LogP contribution in [0.15, 0.2) is 30.6 Å². The molecule has 0 radical (unpaired) electrons. The van der Waals surface area contributed by atoms with Crippen LogP contribution in [-0.4, -0.2) is 35.2 Å². The van der Waals surface area contributed by atoms with Gasteiger partial charge in [0.2, 0.25) is 5.88 Å². The van der Waals surface area contributed by atoms with E-state index in [9.17, 15) is 4.79 Å². The van der Waals surface area contributed by atoms with E-state index in [1.54, 1.807) is 29.4 Å². The lowest BCUT2D eigenvalue weighted by atomic mass is 10.1. The lowest BCUT2D eigenvalue weighted by Gasteiger charge is -2.23. The number of pyridine rings is 2. The van der Waals surface area contributed by atoms with Gasteiger partial charge in [0.05, 0.1) is 31.6 Å². The Morgan fingerprint density at radius 1 is 1.21 bits per heavy atom. The van der Waals surface area contributed by atoms with Gasteiger partial charge in [0, 0.05) is 36.2 Å². The summed E-state index contributed by atoms with van der Waals surface area (Å²) in [5, 5.41) is 0.371. The average molecular weight is 346 g/mol. The van der Waals surface area contributed by atoms with E-state index in [1.165, 1.54) is 0 Å². The quantitative estimate of drug-likeness (QED) is 0.800. The van der Waals surface area contributed by atoms with Gasteiger partial charge in [-0.2, -0.15) is 0 Å². The zero-order valence-electron chi connectivity index (χ0n) is 12.9. The van der Waals surface area contributed by atoms with E-state index >= 15 is 0 Å². The fraction of sp³-hybridized carbons (Fsp3) is 0.353. The van der Waals surface area contributed by atoms with E-state index in [2.05, 4.69) is 9.97 Å². The molecular formula is C17H16ClN3O3. The molecule has 6 nitrogen and oxygen atoms in total. The molecule has 7 heteroatoms. The van der Waals surface area contributed by atoms with Gasteiger partial charge in [-0.1, -0.05) is 11.6 Å². The highest BCUT2D eigenvalue weighted by molar-refractivity contribution is 6.31. The first-order valence-corrected chi connectivity index (χ1v) is 8.26. The number of amides is 1. The third-order valence-electron chi connectivity index (χ3n) is 4.28. The van der Waals surface area contributed by atoms with Crippen molar-refractivity contribution >= 4 is 23.2 Å². The Morgan fingerprint density at radius 3 is 2.75 bits per heavy atom. The smallest absolute Gasteiger partial charge is 0.259 e. The Bertz CT molecular complexity index is 760. The van der Waals surface area contributed by atoms with E-state index in [0.29, 0.717) is 28.8 Å². The van der Waals surface area contributed by atoms with E-state index < -0.39 is 0 Å². The maximum Gasteiger partial charge on any atom is 0.259 e. The molecule has 2 aromatic rings. The summed E-state index contributed by atoms with van der Waals surface area (Å²) >= 11 is 6.09. The van der Waals surface area contributed by atoms with Crippen LogP contribution in [0.25, 0.3) is 0 Å². The Labute approximate surface area is 144 Å². The van der Waals surface area contributed by atoms with Crippen LogP contribution in [0, 0.1) is 0 Å². The largest absolute Gasteiger partial charge is 0.474 e. The molecule has 2 aromatic heterocycles. The normalized spacial score (nSPS) is 17.9. The number of carbonyl (C=O) groups excluding carboxylic acids is 1. The van der Waals surface area contributed by atoms with Gasteiger partial charge < -0.3 is 14.4 Å². The number of aromatic nitrogens is 2. The van der Waals surface area contributed by atoms with Gasteiger partial charge in [0.25, 0.3) is 5.91 Å². The molecule has 2 aliphatic rings. The second kappa shape index (κ2) is 6.37. The van der Waals surface area contributed by atoms with Gasteiger partial charge >= 0.3 is 0 Å². The summed E-state index contributed by atoms with van der Waals surface area (Å²) in [5.74, 6) is 0.476. The molecule has 2 aliphatic heterocycles. The summed E-state index contributed by atoms with van der Waals surface area (Å²) in [6.45, 7) is 1.85. The number of fused-ring (bicyclic) bond motifs is 1. The van der Waals surface area contributed by atoms with Crippen molar-refractivity contribution in [1.82, 2.24) is 9.97 Å². The van der Waals surface area contributed by atoms with Crippen LogP contribution in [0.5, 0.6) is 5.88 Å². The Morgan fingerprint density at radius 2 is 2.04 bits per heavy atom. The van der Waals surface area contributed by atoms with Crippen molar-refractivity contribution in [1.29, 1.82) is 0 Å². The van der Waals surface area contributed by atoms with Gasteiger partial charge in [0.15, 0.2) is 0 Å². The first kappa shape index (κ1) is 15.4. The maximum absolute atomic E-state index is 12.5. The molecule has 1 saturated heterocycles. The van der Waals surface area contributed by atoms with Crippen molar-refractivity contribution in [2.45, 2.75) is 25.5 Å². The number of rotatable bonds is 3. The highest BCUT2D eigenvalue weighted by Crippen LogP contribution is 2.31. The molecule has 1 fully saturated rings. The molecule has 24 heavy (non-hydrogen) atoms. The van der Waals surface area contributed by atoms with Gasteiger partial charge in [-0.25, -0.2) is 9.97 Å². The molecule has 4 heterocycles. The SMILES string of the molecule is O=C1c2ccnc(Cl)c2CN1c1ccc(OC2CCOCC2)nc1. The topological polar surface area (TPSA) is 64.6 Å². The highest BCUT2D eigenvalue weighted by Gasteiger charge is 2.30. The molecule has 0 unspecified atom stereocenters. The molecule has 0 spiro atoms. The maximum atomic E-state index is 12.5. The number of ether oxygens (including phenoxy) is 2. The molecule has 0 bridgehead atoms. The first-order chi connectivity index (χ1) is 11.7. The lowest BCUT2D eigenvalue weighted by molar-refractivity contribution is 0.0237. The molecule has 0 N–H and O–H groups in total. The number of nitrogens with zero attached hydrogens (tertiary/aromatic N) is 3. The van der Waals surface area contributed by atoms with E-state index in [4.69, 9.17) is 21.1 Å². The number of carbonyl (C=O) groups is 1. The minimum atomic E-state index is -0.0887. The minimum absolute atomic E-state index is 0.0887. The van der Waals surface area contributed by atoms with Crippen LogP contribution >= 0.6 is 11.6 Å². The molecule has 0 atom stereocenters. The summed E-state index contributed by atoms with van der Waals surface area (Å²) in [6.07, 6.45) is 5.08. The standard InChI is InChI=1S/C17H16ClN3O3/c18-16-14-10-21(17(22)13(14)3-6-19-16)11-1-2-15(20-9-11)24-12-4-7-23-8-5-12/h1-3,6,9,12H,4-5,7-8,10H2. The average Bonchev–Trinajstić information content (AvgIpc) is 2.95. The third kappa shape index (κ3) is 2.83. The second-order valence-corrected chi connectivity index (χ2v) is 6.16. The van der Waals surface area contributed by atoms with E-state index in [-0.39, 0.29) is 12.0 Å². The summed E-state index contributed by atoms with van der Waals surface area (Å²) in [6, 6.07) is 5.33. The molecule has 0 aliphatic carbocycles. The van der Waals surface area contributed by atoms with Crippen molar-refractivity contribution in [3.8, 4) is 5.88 Å². The monoisotopic (exact) mass is 345 g/mol. The number of hydrogen-bond acceptors (Lipinski definition) is 5. The first-order valence-electron chi connectivity index (χ1n) is 7.88. The molecule has 0 aromatic carbocycles. The van der Waals surface area contributed by atoms with Crippen LogP contribution in [0.2, 0.25) is 5.15 Å². The predicted octanol–water partition coefficient (Wildman–Crippen LogP) is 2.85. The van der Waals surface area contributed by atoms with Gasteiger partial charge in [-0.15, -0.1) is 0 Å². The lowest BCUT2D eigenvalue weighted by Crippen LogP contribution is -2.26. The number of halogens is 1. The van der Waals surface area contributed by atoms with Crippen LogP contribution in [0.4, 0.5) is 5.69 Å². The van der Waals surface area contributed by atoms with Crippen molar-refractivity contribution in [2.75, 3.05) is 18.1 Å². The zero-order valence-corrected chi connectivity index (χ0v) is 13.7. The number of hydrogen-bond donors (Lipinski definition) is 0. The van der Waals surface area contributed by atoms with Crippen LogP contribution in [-0.2, 0) is 11.3 Å². The fourth-order valence-corrected chi connectivity index (χ4v) is 3.19. The van der Waals surface area contributed by atoms with Crippen LogP contribution < -0.4 is 9.64 Å². The number of anilines is 1. The molecule has 124 valence electrons. The Balaban J connectivity index is 1.49. The highest BCUT2D eigenvalue weighted by atomic mass is 35.5. The van der Waals surface area contributed by atoms with Crippen LogP contribution in [0.1, 0.15) is 28.8 Å². The Hall–Kier alpha value is -2.18. The molecule has 1 amide bonds. The summed E-state index contributed by atoms with van der Waals surface area (Å²) in [7, 11) is 0. The van der Waals surface area contributed by atoms with Gasteiger partial charge in [-0.05, 0) is 12.1 Å². The second-order valence-electron chi connectivity index (χ2n) is 5.80. The molecule has 0 saturated carbocycles. The minimum Gasteiger partial charge on any atom is -0.474 e. The van der Waals surface area contributed by atoms with E-state index in [0.717, 1.165) is 31.6 Å². The summed E-state index contributed by atoms with van der Waals surface area (Å²) < 4.78 is 11.2. The van der Waals surface area contributed by atoms with Crippen molar-refractivity contribution in [3.05, 3.63) is 46.9 Å².